The number of carbonyl (C=O) groups is 2. The highest BCUT2D eigenvalue weighted by Gasteiger charge is 2.41. The van der Waals surface area contributed by atoms with E-state index in [1.54, 1.807) is 17.9 Å². The molecule has 0 saturated carbocycles. The van der Waals surface area contributed by atoms with E-state index in [1.165, 1.54) is 0 Å². The Labute approximate surface area is 161 Å². The molecule has 1 aromatic heterocycles. The summed E-state index contributed by atoms with van der Waals surface area (Å²) in [4.78, 5) is 29.0. The zero-order chi connectivity index (χ0) is 19.7. The largest absolute Gasteiger partial charge is 0.372 e. The highest BCUT2D eigenvalue weighted by atomic mass is 16.5. The van der Waals surface area contributed by atoms with Gasteiger partial charge in [0.25, 0.3) is 5.91 Å². The Bertz CT molecular complexity index is 684. The van der Waals surface area contributed by atoms with Crippen molar-refractivity contribution in [2.75, 3.05) is 32.8 Å². The number of nitrogens with zero attached hydrogens (tertiary/aromatic N) is 3. The maximum atomic E-state index is 12.8. The maximum absolute atomic E-state index is 12.8. The van der Waals surface area contributed by atoms with E-state index in [1.807, 2.05) is 4.90 Å². The molecule has 3 rings (SSSR count). The van der Waals surface area contributed by atoms with Crippen molar-refractivity contribution in [2.24, 2.45) is 5.41 Å². The van der Waals surface area contributed by atoms with Crippen LogP contribution in [0.2, 0.25) is 0 Å². The molecule has 1 aromatic rings. The van der Waals surface area contributed by atoms with Crippen molar-refractivity contribution in [1.82, 2.24) is 15.0 Å². The molecule has 3 heterocycles. The fourth-order valence-corrected chi connectivity index (χ4v) is 3.71. The second kappa shape index (κ2) is 7.62. The van der Waals surface area contributed by atoms with E-state index >= 15 is 0 Å². The first-order valence-electron chi connectivity index (χ1n) is 9.82. The SMILES string of the molecule is Cc1cc(C(=O)N2CCC3(CC2)CC(=O)N(CCC(C)(C)C)CCO3)no1. The average molecular weight is 377 g/mol. The van der Waals surface area contributed by atoms with Gasteiger partial charge in [-0.1, -0.05) is 25.9 Å². The summed E-state index contributed by atoms with van der Waals surface area (Å²) in [5.41, 5.74) is 0.107. The highest BCUT2D eigenvalue weighted by molar-refractivity contribution is 5.92. The Balaban J connectivity index is 1.57. The molecular weight excluding hydrogens is 346 g/mol. The molecule has 0 aliphatic carbocycles. The number of rotatable bonds is 3. The molecule has 0 atom stereocenters. The summed E-state index contributed by atoms with van der Waals surface area (Å²) < 4.78 is 11.2. The number of carbonyl (C=O) groups excluding carboxylic acids is 2. The van der Waals surface area contributed by atoms with Gasteiger partial charge < -0.3 is 19.1 Å². The Kier molecular flexibility index (Phi) is 5.60. The molecule has 0 radical (unpaired) electrons. The smallest absolute Gasteiger partial charge is 0.276 e. The number of aryl methyl sites for hydroxylation is 1. The number of likely N-dealkylation sites (tertiary alicyclic amines) is 1. The van der Waals surface area contributed by atoms with Crippen LogP contribution in [0.1, 0.15) is 62.7 Å². The lowest BCUT2D eigenvalue weighted by molar-refractivity contribution is -0.135. The molecule has 0 aromatic carbocycles. The summed E-state index contributed by atoms with van der Waals surface area (Å²) in [7, 11) is 0. The first-order valence-corrected chi connectivity index (χ1v) is 9.82. The van der Waals surface area contributed by atoms with E-state index in [9.17, 15) is 9.59 Å². The molecule has 0 unspecified atom stereocenters. The molecule has 7 nitrogen and oxygen atoms in total. The number of aromatic nitrogens is 1. The first kappa shape index (κ1) is 19.9. The van der Waals surface area contributed by atoms with Crippen LogP contribution in [0.25, 0.3) is 0 Å². The minimum Gasteiger partial charge on any atom is -0.372 e. The standard InChI is InChI=1S/C20H31N3O4/c1-15-13-16(21-27-15)18(25)23-9-6-20(7-10-23)14-17(24)22(11-12-26-20)8-5-19(2,3)4/h13H,5-12,14H2,1-4H3. The van der Waals surface area contributed by atoms with Crippen molar-refractivity contribution in [3.63, 3.8) is 0 Å². The quantitative estimate of drug-likeness (QED) is 0.809. The summed E-state index contributed by atoms with van der Waals surface area (Å²) >= 11 is 0. The van der Waals surface area contributed by atoms with Crippen LogP contribution < -0.4 is 0 Å². The second-order valence-electron chi connectivity index (χ2n) is 9.01. The summed E-state index contributed by atoms with van der Waals surface area (Å²) in [6, 6.07) is 1.66. The molecule has 2 amide bonds. The van der Waals surface area contributed by atoms with Crippen molar-refractivity contribution in [3.8, 4) is 0 Å². The topological polar surface area (TPSA) is 75.9 Å². The Hall–Kier alpha value is -1.89. The molecule has 0 N–H and O–H groups in total. The van der Waals surface area contributed by atoms with Gasteiger partial charge in [-0.05, 0) is 31.6 Å². The van der Waals surface area contributed by atoms with Gasteiger partial charge in [-0.2, -0.15) is 0 Å². The van der Waals surface area contributed by atoms with Crippen LogP contribution in [0.4, 0.5) is 0 Å². The second-order valence-corrected chi connectivity index (χ2v) is 9.01. The Morgan fingerprint density at radius 2 is 1.96 bits per heavy atom. The van der Waals surface area contributed by atoms with Gasteiger partial charge in [0.1, 0.15) is 5.76 Å². The number of hydrogen-bond acceptors (Lipinski definition) is 5. The number of hydrogen-bond donors (Lipinski definition) is 0. The molecule has 2 fully saturated rings. The zero-order valence-corrected chi connectivity index (χ0v) is 16.9. The van der Waals surface area contributed by atoms with Gasteiger partial charge in [-0.25, -0.2) is 0 Å². The van der Waals surface area contributed by atoms with Crippen molar-refractivity contribution in [3.05, 3.63) is 17.5 Å². The van der Waals surface area contributed by atoms with E-state index in [4.69, 9.17) is 9.26 Å². The molecule has 1 spiro atoms. The summed E-state index contributed by atoms with van der Waals surface area (Å²) in [5, 5.41) is 3.81. The number of amides is 2. The van der Waals surface area contributed by atoms with Crippen molar-refractivity contribution >= 4 is 11.8 Å². The van der Waals surface area contributed by atoms with Gasteiger partial charge in [0.2, 0.25) is 5.91 Å². The fraction of sp³-hybridized carbons (Fsp3) is 0.750. The number of ether oxygens (including phenoxy) is 1. The number of piperidine rings is 1. The summed E-state index contributed by atoms with van der Waals surface area (Å²) in [6.45, 7) is 11.5. The van der Waals surface area contributed by atoms with Crippen LogP contribution >= 0.6 is 0 Å². The average Bonchev–Trinajstić information content (AvgIpc) is 2.97. The third-order valence-corrected chi connectivity index (χ3v) is 5.54. The van der Waals surface area contributed by atoms with Gasteiger partial charge in [-0.15, -0.1) is 0 Å². The van der Waals surface area contributed by atoms with Crippen LogP contribution in [0, 0.1) is 12.3 Å². The van der Waals surface area contributed by atoms with Crippen LogP contribution in [0.3, 0.4) is 0 Å². The molecule has 2 aliphatic rings. The lowest BCUT2D eigenvalue weighted by Crippen LogP contribution is -2.49. The van der Waals surface area contributed by atoms with Crippen molar-refractivity contribution in [2.45, 2.75) is 59.0 Å². The normalized spacial score (nSPS) is 20.8. The molecule has 0 bridgehead atoms. The van der Waals surface area contributed by atoms with E-state index in [2.05, 4.69) is 25.9 Å². The summed E-state index contributed by atoms with van der Waals surface area (Å²) in [6.07, 6.45) is 2.73. The van der Waals surface area contributed by atoms with Gasteiger partial charge in [0.05, 0.1) is 18.6 Å². The van der Waals surface area contributed by atoms with Crippen molar-refractivity contribution in [1.29, 1.82) is 0 Å². The van der Waals surface area contributed by atoms with Gasteiger partial charge in [0, 0.05) is 32.2 Å². The van der Waals surface area contributed by atoms with Crippen LogP contribution in [0.5, 0.6) is 0 Å². The first-order chi connectivity index (χ1) is 12.7. The minimum atomic E-state index is -0.440. The maximum Gasteiger partial charge on any atom is 0.276 e. The lowest BCUT2D eigenvalue weighted by Gasteiger charge is -2.40. The van der Waals surface area contributed by atoms with Gasteiger partial charge in [-0.3, -0.25) is 9.59 Å². The van der Waals surface area contributed by atoms with Gasteiger partial charge in [0.15, 0.2) is 5.69 Å². The van der Waals surface area contributed by atoms with E-state index < -0.39 is 5.60 Å². The van der Waals surface area contributed by atoms with E-state index in [-0.39, 0.29) is 17.2 Å². The van der Waals surface area contributed by atoms with Crippen LogP contribution in [-0.2, 0) is 9.53 Å². The van der Waals surface area contributed by atoms with Gasteiger partial charge >= 0.3 is 0 Å². The minimum absolute atomic E-state index is 0.117. The molecule has 7 heteroatoms. The fourth-order valence-electron chi connectivity index (χ4n) is 3.71. The van der Waals surface area contributed by atoms with Crippen LogP contribution in [-0.4, -0.2) is 65.2 Å². The predicted molar refractivity (Wildman–Crippen MR) is 100 cm³/mol. The lowest BCUT2D eigenvalue weighted by atomic mass is 9.87. The molecule has 2 aliphatic heterocycles. The monoisotopic (exact) mass is 377 g/mol. The third-order valence-electron chi connectivity index (χ3n) is 5.54. The Morgan fingerprint density at radius 3 is 2.56 bits per heavy atom. The zero-order valence-electron chi connectivity index (χ0n) is 16.9. The molecular formula is C20H31N3O4. The molecule has 150 valence electrons. The predicted octanol–water partition coefficient (Wildman–Crippen LogP) is 2.64. The third kappa shape index (κ3) is 4.89. The van der Waals surface area contributed by atoms with E-state index in [0.29, 0.717) is 57.0 Å². The van der Waals surface area contributed by atoms with Crippen LogP contribution in [0.15, 0.2) is 10.6 Å². The molecule has 27 heavy (non-hydrogen) atoms. The van der Waals surface area contributed by atoms with E-state index in [0.717, 1.165) is 13.0 Å². The molecule has 2 saturated heterocycles. The highest BCUT2D eigenvalue weighted by Crippen LogP contribution is 2.33. The Morgan fingerprint density at radius 1 is 1.26 bits per heavy atom. The summed E-state index contributed by atoms with van der Waals surface area (Å²) in [5.74, 6) is 0.678. The van der Waals surface area contributed by atoms with Crippen molar-refractivity contribution < 1.29 is 18.8 Å².